The molecule has 0 N–H and O–H groups in total. The molecular formula is C17H17ClO3. The van der Waals surface area contributed by atoms with Crippen molar-refractivity contribution in [2.75, 3.05) is 6.61 Å². The maximum Gasteiger partial charge on any atom is 0.349 e. The number of rotatable bonds is 6. The number of aryl methyl sites for hydroxylation is 1. The Labute approximate surface area is 129 Å². The molecule has 0 radical (unpaired) electrons. The number of carbonyl (C=O) groups excluding carboxylic acids is 1. The van der Waals surface area contributed by atoms with Crippen molar-refractivity contribution in [2.45, 2.75) is 19.8 Å². The lowest BCUT2D eigenvalue weighted by Crippen LogP contribution is -2.17. The van der Waals surface area contributed by atoms with E-state index in [1.165, 1.54) is 5.56 Å². The number of carbonyl (C=O) groups is 1. The molecule has 2 rings (SSSR count). The van der Waals surface area contributed by atoms with Crippen molar-refractivity contribution in [1.29, 1.82) is 0 Å². The number of benzene rings is 2. The number of halogens is 1. The molecule has 0 fully saturated rings. The summed E-state index contributed by atoms with van der Waals surface area (Å²) in [5.74, 6) is 0.523. The quantitative estimate of drug-likeness (QED) is 0.590. The van der Waals surface area contributed by atoms with Gasteiger partial charge in [0, 0.05) is 0 Å². The highest BCUT2D eigenvalue weighted by Crippen LogP contribution is 2.23. The van der Waals surface area contributed by atoms with Crippen LogP contribution in [0.2, 0.25) is 5.02 Å². The fraction of sp³-hybridized carbons (Fsp3) is 0.235. The van der Waals surface area contributed by atoms with E-state index in [0.29, 0.717) is 16.5 Å². The second-order valence-electron chi connectivity index (χ2n) is 4.59. The first-order valence-corrected chi connectivity index (χ1v) is 7.24. The number of hydrogen-bond donors (Lipinski definition) is 0. The predicted molar refractivity (Wildman–Crippen MR) is 83.0 cm³/mol. The van der Waals surface area contributed by atoms with Crippen molar-refractivity contribution in [3.63, 3.8) is 0 Å². The summed E-state index contributed by atoms with van der Waals surface area (Å²) in [6.07, 6.45) is 2.11. The minimum atomic E-state index is -0.460. The molecule has 0 aliphatic heterocycles. The van der Waals surface area contributed by atoms with Crippen molar-refractivity contribution in [2.24, 2.45) is 0 Å². The summed E-state index contributed by atoms with van der Waals surface area (Å²) in [5, 5.41) is 0.467. The van der Waals surface area contributed by atoms with Crippen molar-refractivity contribution in [1.82, 2.24) is 0 Å². The molecule has 0 aliphatic carbocycles. The summed E-state index contributed by atoms with van der Waals surface area (Å²) in [6.45, 7) is 1.94. The van der Waals surface area contributed by atoms with Crippen LogP contribution in [0.15, 0.2) is 48.5 Å². The van der Waals surface area contributed by atoms with Gasteiger partial charge in [-0.2, -0.15) is 0 Å². The molecule has 0 bridgehead atoms. The van der Waals surface area contributed by atoms with Gasteiger partial charge in [0.2, 0.25) is 0 Å². The Morgan fingerprint density at radius 1 is 1.10 bits per heavy atom. The molecule has 4 heteroatoms. The van der Waals surface area contributed by atoms with Crippen molar-refractivity contribution < 1.29 is 14.3 Å². The molecule has 0 aromatic heterocycles. The first-order chi connectivity index (χ1) is 10.2. The SMILES string of the molecule is CCCc1ccc(OC(=O)COc2ccccc2Cl)cc1. The monoisotopic (exact) mass is 304 g/mol. The zero-order valence-corrected chi connectivity index (χ0v) is 12.6. The Morgan fingerprint density at radius 2 is 1.81 bits per heavy atom. The van der Waals surface area contributed by atoms with E-state index in [2.05, 4.69) is 6.92 Å². The molecule has 0 atom stereocenters. The van der Waals surface area contributed by atoms with Gasteiger partial charge in [-0.05, 0) is 36.2 Å². The molecule has 0 spiro atoms. The molecule has 2 aromatic carbocycles. The highest BCUT2D eigenvalue weighted by atomic mass is 35.5. The summed E-state index contributed by atoms with van der Waals surface area (Å²) in [7, 11) is 0. The summed E-state index contributed by atoms with van der Waals surface area (Å²) >= 11 is 5.94. The van der Waals surface area contributed by atoms with E-state index in [1.807, 2.05) is 12.1 Å². The van der Waals surface area contributed by atoms with Crippen LogP contribution in [0.3, 0.4) is 0 Å². The van der Waals surface area contributed by atoms with Gasteiger partial charge in [0.15, 0.2) is 6.61 Å². The Hall–Kier alpha value is -2.00. The molecule has 0 aliphatic rings. The summed E-state index contributed by atoms with van der Waals surface area (Å²) < 4.78 is 10.5. The van der Waals surface area contributed by atoms with Gasteiger partial charge in [0.25, 0.3) is 0 Å². The van der Waals surface area contributed by atoms with Crippen LogP contribution in [0.25, 0.3) is 0 Å². The molecule has 21 heavy (non-hydrogen) atoms. The first-order valence-electron chi connectivity index (χ1n) is 6.86. The molecule has 3 nitrogen and oxygen atoms in total. The van der Waals surface area contributed by atoms with E-state index < -0.39 is 5.97 Å². The van der Waals surface area contributed by atoms with Gasteiger partial charge in [-0.3, -0.25) is 0 Å². The molecule has 2 aromatic rings. The topological polar surface area (TPSA) is 35.5 Å². The van der Waals surface area contributed by atoms with E-state index in [-0.39, 0.29) is 6.61 Å². The number of hydrogen-bond acceptors (Lipinski definition) is 3. The lowest BCUT2D eigenvalue weighted by Gasteiger charge is -2.08. The van der Waals surface area contributed by atoms with E-state index in [0.717, 1.165) is 12.8 Å². The van der Waals surface area contributed by atoms with E-state index in [9.17, 15) is 4.79 Å². The average Bonchev–Trinajstić information content (AvgIpc) is 2.49. The van der Waals surface area contributed by atoms with Crippen LogP contribution in [0, 0.1) is 0 Å². The van der Waals surface area contributed by atoms with Crippen LogP contribution in [0.4, 0.5) is 0 Å². The minimum absolute atomic E-state index is 0.180. The first kappa shape index (κ1) is 15.4. The fourth-order valence-electron chi connectivity index (χ4n) is 1.87. The molecule has 0 unspecified atom stereocenters. The van der Waals surface area contributed by atoms with Gasteiger partial charge < -0.3 is 9.47 Å². The highest BCUT2D eigenvalue weighted by Gasteiger charge is 2.08. The van der Waals surface area contributed by atoms with Crippen LogP contribution < -0.4 is 9.47 Å². The number of esters is 1. The Balaban J connectivity index is 1.85. The van der Waals surface area contributed by atoms with Crippen LogP contribution in [-0.4, -0.2) is 12.6 Å². The van der Waals surface area contributed by atoms with Gasteiger partial charge >= 0.3 is 5.97 Å². The second kappa shape index (κ2) is 7.70. The zero-order valence-electron chi connectivity index (χ0n) is 11.8. The molecule has 0 saturated carbocycles. The van der Waals surface area contributed by atoms with Crippen molar-refractivity contribution in [3.05, 3.63) is 59.1 Å². The van der Waals surface area contributed by atoms with Crippen LogP contribution >= 0.6 is 11.6 Å². The standard InChI is InChI=1S/C17H17ClO3/c1-2-5-13-8-10-14(11-9-13)21-17(19)12-20-16-7-4-3-6-15(16)18/h3-4,6-11H,2,5,12H2,1H3. The van der Waals surface area contributed by atoms with Crippen molar-refractivity contribution >= 4 is 17.6 Å². The Kier molecular flexibility index (Phi) is 5.64. The van der Waals surface area contributed by atoms with Crippen molar-refractivity contribution in [3.8, 4) is 11.5 Å². The zero-order chi connectivity index (χ0) is 15.1. The predicted octanol–water partition coefficient (Wildman–Crippen LogP) is 4.28. The smallest absolute Gasteiger partial charge is 0.349 e. The largest absolute Gasteiger partial charge is 0.480 e. The van der Waals surface area contributed by atoms with Gasteiger partial charge in [-0.1, -0.05) is 49.2 Å². The van der Waals surface area contributed by atoms with Gasteiger partial charge in [-0.25, -0.2) is 4.79 Å². The summed E-state index contributed by atoms with van der Waals surface area (Å²) in [4.78, 5) is 11.7. The molecule has 0 amide bonds. The minimum Gasteiger partial charge on any atom is -0.480 e. The molecule has 110 valence electrons. The van der Waals surface area contributed by atoms with Crippen LogP contribution in [0.1, 0.15) is 18.9 Å². The third kappa shape index (κ3) is 4.80. The molecule has 0 saturated heterocycles. The van der Waals surface area contributed by atoms with Gasteiger partial charge in [0.05, 0.1) is 5.02 Å². The van der Waals surface area contributed by atoms with Gasteiger partial charge in [0.1, 0.15) is 11.5 Å². The molecular weight excluding hydrogens is 288 g/mol. The maximum atomic E-state index is 11.7. The van der Waals surface area contributed by atoms with Crippen LogP contribution in [0.5, 0.6) is 11.5 Å². The molecule has 0 heterocycles. The number of para-hydroxylation sites is 1. The lowest BCUT2D eigenvalue weighted by molar-refractivity contribution is -0.136. The normalized spacial score (nSPS) is 10.2. The fourth-order valence-corrected chi connectivity index (χ4v) is 2.06. The Bertz CT molecular complexity index is 593. The number of ether oxygens (including phenoxy) is 2. The second-order valence-corrected chi connectivity index (χ2v) is 4.99. The van der Waals surface area contributed by atoms with Gasteiger partial charge in [-0.15, -0.1) is 0 Å². The van der Waals surface area contributed by atoms with E-state index >= 15 is 0 Å². The Morgan fingerprint density at radius 3 is 2.48 bits per heavy atom. The van der Waals surface area contributed by atoms with Crippen LogP contribution in [-0.2, 0) is 11.2 Å². The third-order valence-electron chi connectivity index (χ3n) is 2.88. The summed E-state index contributed by atoms with van der Waals surface area (Å²) in [5.41, 5.74) is 1.23. The average molecular weight is 305 g/mol. The lowest BCUT2D eigenvalue weighted by atomic mass is 10.1. The maximum absolute atomic E-state index is 11.7. The summed E-state index contributed by atoms with van der Waals surface area (Å²) in [6, 6.07) is 14.5. The highest BCUT2D eigenvalue weighted by molar-refractivity contribution is 6.32. The van der Waals surface area contributed by atoms with E-state index in [1.54, 1.807) is 36.4 Å². The van der Waals surface area contributed by atoms with E-state index in [4.69, 9.17) is 21.1 Å². The third-order valence-corrected chi connectivity index (χ3v) is 3.19.